The number of amides is 1. The Morgan fingerprint density at radius 2 is 2.17 bits per heavy atom. The molecule has 0 aromatic heterocycles. The molecule has 1 aromatic carbocycles. The first-order valence-corrected chi connectivity index (χ1v) is 6.29. The van der Waals surface area contributed by atoms with Gasteiger partial charge in [0.25, 0.3) is 0 Å². The average molecular weight is 250 g/mol. The normalized spacial score (nSPS) is 12.3. The van der Waals surface area contributed by atoms with Crippen LogP contribution in [-0.4, -0.2) is 18.6 Å². The first-order valence-electron chi connectivity index (χ1n) is 6.29. The number of carbonyl (C=O) groups excluding carboxylic acids is 1. The van der Waals surface area contributed by atoms with Gasteiger partial charge in [0, 0.05) is 6.54 Å². The molecule has 0 aliphatic carbocycles. The zero-order valence-corrected chi connectivity index (χ0v) is 11.3. The van der Waals surface area contributed by atoms with Crippen molar-refractivity contribution in [1.29, 1.82) is 0 Å². The van der Waals surface area contributed by atoms with E-state index < -0.39 is 6.04 Å². The van der Waals surface area contributed by atoms with E-state index in [0.29, 0.717) is 13.2 Å². The first kappa shape index (κ1) is 14.5. The van der Waals surface area contributed by atoms with Gasteiger partial charge < -0.3 is 15.8 Å². The lowest BCUT2D eigenvalue weighted by molar-refractivity contribution is -0.123. The van der Waals surface area contributed by atoms with E-state index in [1.807, 2.05) is 45.0 Å². The minimum atomic E-state index is -0.458. The Morgan fingerprint density at radius 3 is 2.78 bits per heavy atom. The maximum Gasteiger partial charge on any atom is 0.237 e. The molecule has 1 rings (SSSR count). The molecule has 0 fully saturated rings. The zero-order chi connectivity index (χ0) is 13.5. The number of hydrogen-bond acceptors (Lipinski definition) is 3. The molecule has 1 atom stereocenters. The molecule has 0 spiro atoms. The number of carbonyl (C=O) groups is 1. The van der Waals surface area contributed by atoms with Crippen LogP contribution in [0, 0.1) is 5.92 Å². The molecule has 18 heavy (non-hydrogen) atoms. The van der Waals surface area contributed by atoms with Gasteiger partial charge in [-0.3, -0.25) is 4.79 Å². The molecule has 1 aromatic rings. The number of hydrogen-bond donors (Lipinski definition) is 2. The van der Waals surface area contributed by atoms with Crippen molar-refractivity contribution in [3.8, 4) is 5.75 Å². The summed E-state index contributed by atoms with van der Waals surface area (Å²) in [5.74, 6) is 0.837. The van der Waals surface area contributed by atoms with Gasteiger partial charge in [-0.05, 0) is 30.5 Å². The van der Waals surface area contributed by atoms with E-state index in [2.05, 4.69) is 5.32 Å². The van der Waals surface area contributed by atoms with Gasteiger partial charge in [0.05, 0.1) is 12.6 Å². The van der Waals surface area contributed by atoms with Crippen LogP contribution in [0.2, 0.25) is 0 Å². The van der Waals surface area contributed by atoms with E-state index >= 15 is 0 Å². The Balaban J connectivity index is 2.53. The zero-order valence-electron chi connectivity index (χ0n) is 11.3. The Kier molecular flexibility index (Phi) is 5.65. The van der Waals surface area contributed by atoms with Gasteiger partial charge in [0.15, 0.2) is 0 Å². The quantitative estimate of drug-likeness (QED) is 0.807. The van der Waals surface area contributed by atoms with Crippen LogP contribution < -0.4 is 15.8 Å². The summed E-state index contributed by atoms with van der Waals surface area (Å²) in [7, 11) is 0. The molecule has 1 amide bonds. The number of benzene rings is 1. The van der Waals surface area contributed by atoms with E-state index in [4.69, 9.17) is 10.5 Å². The fourth-order valence-electron chi connectivity index (χ4n) is 1.52. The Labute approximate surface area is 109 Å². The van der Waals surface area contributed by atoms with Gasteiger partial charge >= 0.3 is 0 Å². The van der Waals surface area contributed by atoms with Crippen LogP contribution in [0.15, 0.2) is 24.3 Å². The second kappa shape index (κ2) is 7.01. The Bertz CT molecular complexity index is 391. The molecule has 0 aliphatic rings. The van der Waals surface area contributed by atoms with Crippen LogP contribution in [0.4, 0.5) is 0 Å². The molecule has 0 aliphatic heterocycles. The highest BCUT2D eigenvalue weighted by atomic mass is 16.5. The predicted molar refractivity (Wildman–Crippen MR) is 72.3 cm³/mol. The number of rotatable bonds is 6. The predicted octanol–water partition coefficient (Wildman–Crippen LogP) is 1.68. The Morgan fingerprint density at radius 1 is 1.44 bits per heavy atom. The lowest BCUT2D eigenvalue weighted by Gasteiger charge is -2.15. The van der Waals surface area contributed by atoms with E-state index in [-0.39, 0.29) is 11.8 Å². The van der Waals surface area contributed by atoms with Crippen LogP contribution in [0.1, 0.15) is 26.3 Å². The van der Waals surface area contributed by atoms with Crippen LogP contribution in [0.3, 0.4) is 0 Å². The Hall–Kier alpha value is -1.55. The van der Waals surface area contributed by atoms with Gasteiger partial charge in [0.2, 0.25) is 5.91 Å². The number of nitrogens with one attached hydrogen (secondary N) is 1. The minimum absolute atomic E-state index is 0.119. The van der Waals surface area contributed by atoms with E-state index in [1.54, 1.807) is 0 Å². The number of nitrogens with two attached hydrogens (primary N) is 1. The van der Waals surface area contributed by atoms with Crippen molar-refractivity contribution in [2.75, 3.05) is 6.61 Å². The molecule has 4 nitrogen and oxygen atoms in total. The van der Waals surface area contributed by atoms with Crippen LogP contribution in [0.25, 0.3) is 0 Å². The summed E-state index contributed by atoms with van der Waals surface area (Å²) in [5.41, 5.74) is 6.77. The molecule has 0 saturated carbocycles. The molecular weight excluding hydrogens is 228 g/mol. The molecule has 100 valence electrons. The summed E-state index contributed by atoms with van der Waals surface area (Å²) < 4.78 is 5.40. The van der Waals surface area contributed by atoms with Crippen molar-refractivity contribution in [1.82, 2.24) is 5.32 Å². The molecule has 0 bridgehead atoms. The second-order valence-electron chi connectivity index (χ2n) is 4.57. The highest BCUT2D eigenvalue weighted by Gasteiger charge is 2.16. The molecule has 4 heteroatoms. The topological polar surface area (TPSA) is 64.3 Å². The van der Waals surface area contributed by atoms with Crippen molar-refractivity contribution >= 4 is 5.91 Å². The highest BCUT2D eigenvalue weighted by Crippen LogP contribution is 2.13. The summed E-state index contributed by atoms with van der Waals surface area (Å²) in [6, 6.07) is 7.22. The smallest absolute Gasteiger partial charge is 0.237 e. The maximum atomic E-state index is 11.7. The van der Waals surface area contributed by atoms with E-state index in [1.165, 1.54) is 0 Å². The third-order valence-corrected chi connectivity index (χ3v) is 2.70. The molecule has 0 unspecified atom stereocenters. The molecule has 0 radical (unpaired) electrons. The second-order valence-corrected chi connectivity index (χ2v) is 4.57. The van der Waals surface area contributed by atoms with Gasteiger partial charge in [-0.2, -0.15) is 0 Å². The standard InChI is InChI=1S/C14H22N2O2/c1-4-18-12-7-5-6-11(8-12)9-16-14(17)13(15)10(2)3/h5-8,10,13H,4,9,15H2,1-3H3,(H,16,17)/t13-/m1/s1. The molecule has 0 saturated heterocycles. The fraction of sp³-hybridized carbons (Fsp3) is 0.500. The SMILES string of the molecule is CCOc1cccc(CNC(=O)[C@H](N)C(C)C)c1. The summed E-state index contributed by atoms with van der Waals surface area (Å²) in [6.07, 6.45) is 0. The van der Waals surface area contributed by atoms with Gasteiger partial charge in [-0.1, -0.05) is 26.0 Å². The largest absolute Gasteiger partial charge is 0.494 e. The van der Waals surface area contributed by atoms with Gasteiger partial charge in [0.1, 0.15) is 5.75 Å². The molecule has 3 N–H and O–H groups in total. The first-order chi connectivity index (χ1) is 8.54. The van der Waals surface area contributed by atoms with Crippen molar-refractivity contribution in [2.45, 2.75) is 33.4 Å². The minimum Gasteiger partial charge on any atom is -0.494 e. The van der Waals surface area contributed by atoms with Crippen LogP contribution >= 0.6 is 0 Å². The van der Waals surface area contributed by atoms with Crippen molar-refractivity contribution in [3.05, 3.63) is 29.8 Å². The third-order valence-electron chi connectivity index (χ3n) is 2.70. The van der Waals surface area contributed by atoms with Crippen molar-refractivity contribution < 1.29 is 9.53 Å². The van der Waals surface area contributed by atoms with Crippen LogP contribution in [-0.2, 0) is 11.3 Å². The van der Waals surface area contributed by atoms with Gasteiger partial charge in [-0.25, -0.2) is 0 Å². The summed E-state index contributed by atoms with van der Waals surface area (Å²) in [4.78, 5) is 11.7. The summed E-state index contributed by atoms with van der Waals surface area (Å²) in [5, 5.41) is 2.83. The fourth-order valence-corrected chi connectivity index (χ4v) is 1.52. The monoisotopic (exact) mass is 250 g/mol. The lowest BCUT2D eigenvalue weighted by atomic mass is 10.0. The van der Waals surface area contributed by atoms with E-state index in [0.717, 1.165) is 11.3 Å². The number of ether oxygens (including phenoxy) is 1. The van der Waals surface area contributed by atoms with E-state index in [9.17, 15) is 4.79 Å². The highest BCUT2D eigenvalue weighted by molar-refractivity contribution is 5.81. The maximum absolute atomic E-state index is 11.7. The lowest BCUT2D eigenvalue weighted by Crippen LogP contribution is -2.43. The van der Waals surface area contributed by atoms with Crippen LogP contribution in [0.5, 0.6) is 5.75 Å². The summed E-state index contributed by atoms with van der Waals surface area (Å²) >= 11 is 0. The molecule has 0 heterocycles. The third kappa shape index (κ3) is 4.37. The van der Waals surface area contributed by atoms with Crippen molar-refractivity contribution in [2.24, 2.45) is 11.7 Å². The van der Waals surface area contributed by atoms with Crippen molar-refractivity contribution in [3.63, 3.8) is 0 Å². The molecular formula is C14H22N2O2. The average Bonchev–Trinajstić information content (AvgIpc) is 2.36. The van der Waals surface area contributed by atoms with Gasteiger partial charge in [-0.15, -0.1) is 0 Å². The summed E-state index contributed by atoms with van der Waals surface area (Å²) in [6.45, 7) is 6.91.